The average molecular weight is 230 g/mol. The predicted molar refractivity (Wildman–Crippen MR) is 57.1 cm³/mol. The van der Waals surface area contributed by atoms with E-state index in [-0.39, 0.29) is 5.75 Å². The Labute approximate surface area is 90.5 Å². The van der Waals surface area contributed by atoms with Gasteiger partial charge in [0.1, 0.15) is 11.9 Å². The number of carboxylic acid groups (broad SMARTS) is 1. The van der Waals surface area contributed by atoms with Crippen molar-refractivity contribution in [3.63, 3.8) is 0 Å². The van der Waals surface area contributed by atoms with Crippen LogP contribution in [0, 0.1) is 5.82 Å². The third-order valence-electron chi connectivity index (χ3n) is 1.71. The van der Waals surface area contributed by atoms with Crippen LogP contribution in [0.1, 0.15) is 0 Å². The molecule has 15 heavy (non-hydrogen) atoms. The van der Waals surface area contributed by atoms with Crippen molar-refractivity contribution in [1.29, 1.82) is 0 Å². The van der Waals surface area contributed by atoms with Crippen molar-refractivity contribution in [3.05, 3.63) is 24.0 Å². The molecule has 0 amide bonds. The maximum atomic E-state index is 12.8. The first-order valence-electron chi connectivity index (χ1n) is 4.17. The minimum Gasteiger partial charge on any atom is -0.480 e. The normalized spacial score (nSPS) is 12.4. The molecule has 0 saturated heterocycles. The fourth-order valence-electron chi connectivity index (χ4n) is 0.884. The van der Waals surface area contributed by atoms with Gasteiger partial charge in [-0.05, 0) is 18.2 Å². The summed E-state index contributed by atoms with van der Waals surface area (Å²) in [6.07, 6.45) is 0. The van der Waals surface area contributed by atoms with Gasteiger partial charge in [0, 0.05) is 16.3 Å². The molecule has 0 heterocycles. The molecule has 0 aliphatic carbocycles. The molecule has 1 aromatic rings. The van der Waals surface area contributed by atoms with Crippen LogP contribution in [0.25, 0.3) is 0 Å². The molecule has 1 rings (SSSR count). The van der Waals surface area contributed by atoms with Crippen LogP contribution < -0.4 is 11.5 Å². The molecule has 82 valence electrons. The number of anilines is 1. The summed E-state index contributed by atoms with van der Waals surface area (Å²) in [6.45, 7) is 0. The highest BCUT2D eigenvalue weighted by molar-refractivity contribution is 7.99. The summed E-state index contributed by atoms with van der Waals surface area (Å²) in [7, 11) is 0. The van der Waals surface area contributed by atoms with Gasteiger partial charge in [0.05, 0.1) is 0 Å². The number of hydrogen-bond donors (Lipinski definition) is 3. The minimum absolute atomic E-state index is 0.156. The van der Waals surface area contributed by atoms with Gasteiger partial charge in [0.15, 0.2) is 0 Å². The molecule has 0 bridgehead atoms. The smallest absolute Gasteiger partial charge is 0.321 e. The first-order valence-corrected chi connectivity index (χ1v) is 5.15. The number of aliphatic carboxylic acids is 1. The number of halogens is 1. The topological polar surface area (TPSA) is 89.3 Å². The summed E-state index contributed by atoms with van der Waals surface area (Å²) in [6, 6.07) is 2.97. The van der Waals surface area contributed by atoms with Crippen molar-refractivity contribution in [2.75, 3.05) is 11.5 Å². The number of carbonyl (C=O) groups is 1. The van der Waals surface area contributed by atoms with E-state index in [4.69, 9.17) is 16.6 Å². The van der Waals surface area contributed by atoms with Gasteiger partial charge in [-0.3, -0.25) is 4.79 Å². The Morgan fingerprint density at radius 3 is 2.87 bits per heavy atom. The molecule has 0 saturated carbocycles. The van der Waals surface area contributed by atoms with E-state index in [9.17, 15) is 9.18 Å². The number of hydrogen-bond acceptors (Lipinski definition) is 4. The first-order chi connectivity index (χ1) is 7.00. The van der Waals surface area contributed by atoms with Crippen molar-refractivity contribution in [1.82, 2.24) is 0 Å². The van der Waals surface area contributed by atoms with Crippen molar-refractivity contribution in [2.24, 2.45) is 5.73 Å². The van der Waals surface area contributed by atoms with E-state index in [2.05, 4.69) is 0 Å². The fraction of sp³-hybridized carbons (Fsp3) is 0.222. The third kappa shape index (κ3) is 3.41. The van der Waals surface area contributed by atoms with E-state index in [1.807, 2.05) is 0 Å². The number of benzene rings is 1. The van der Waals surface area contributed by atoms with Crippen LogP contribution in [0.5, 0.6) is 0 Å². The summed E-state index contributed by atoms with van der Waals surface area (Å²) < 4.78 is 12.8. The minimum atomic E-state index is -1.09. The summed E-state index contributed by atoms with van der Waals surface area (Å²) in [5.74, 6) is -1.34. The van der Waals surface area contributed by atoms with Gasteiger partial charge in [-0.15, -0.1) is 11.8 Å². The molecule has 1 atom stereocenters. The summed E-state index contributed by atoms with van der Waals surface area (Å²) >= 11 is 1.13. The standard InChI is InChI=1S/C9H11FN2O2S/c10-5-1-2-6(11)8(3-5)15-4-7(12)9(13)14/h1-3,7H,4,11-12H2,(H,13,14). The monoisotopic (exact) mass is 230 g/mol. The van der Waals surface area contributed by atoms with Crippen molar-refractivity contribution < 1.29 is 14.3 Å². The summed E-state index contributed by atoms with van der Waals surface area (Å²) in [5.41, 5.74) is 11.3. The molecule has 0 aliphatic heterocycles. The first kappa shape index (κ1) is 11.8. The van der Waals surface area contributed by atoms with Gasteiger partial charge in [0.2, 0.25) is 0 Å². The Hall–Kier alpha value is -1.27. The van der Waals surface area contributed by atoms with E-state index in [0.29, 0.717) is 10.6 Å². The molecule has 1 unspecified atom stereocenters. The fourth-order valence-corrected chi connectivity index (χ4v) is 1.82. The van der Waals surface area contributed by atoms with Gasteiger partial charge in [-0.25, -0.2) is 4.39 Å². The van der Waals surface area contributed by atoms with E-state index in [1.54, 1.807) is 0 Å². The maximum absolute atomic E-state index is 12.8. The third-order valence-corrected chi connectivity index (χ3v) is 2.90. The molecule has 6 heteroatoms. The van der Waals surface area contributed by atoms with Gasteiger partial charge < -0.3 is 16.6 Å². The van der Waals surface area contributed by atoms with Crippen LogP contribution in [-0.2, 0) is 4.79 Å². The maximum Gasteiger partial charge on any atom is 0.321 e. The Balaban J connectivity index is 2.65. The quantitative estimate of drug-likeness (QED) is 0.528. The highest BCUT2D eigenvalue weighted by atomic mass is 32.2. The second-order valence-corrected chi connectivity index (χ2v) is 4.00. The molecular weight excluding hydrogens is 219 g/mol. The molecule has 4 nitrogen and oxygen atoms in total. The zero-order valence-electron chi connectivity index (χ0n) is 7.81. The molecule has 1 aromatic carbocycles. The molecular formula is C9H11FN2O2S. The Morgan fingerprint density at radius 1 is 1.60 bits per heavy atom. The zero-order valence-corrected chi connectivity index (χ0v) is 8.63. The van der Waals surface area contributed by atoms with Crippen molar-refractivity contribution in [3.8, 4) is 0 Å². The number of thioether (sulfide) groups is 1. The van der Waals surface area contributed by atoms with Crippen LogP contribution in [0.2, 0.25) is 0 Å². The summed E-state index contributed by atoms with van der Waals surface area (Å²) in [4.78, 5) is 10.9. The Morgan fingerprint density at radius 2 is 2.27 bits per heavy atom. The second-order valence-electron chi connectivity index (χ2n) is 2.94. The van der Waals surface area contributed by atoms with Gasteiger partial charge in [-0.2, -0.15) is 0 Å². The van der Waals surface area contributed by atoms with Crippen molar-refractivity contribution >= 4 is 23.4 Å². The van der Waals surface area contributed by atoms with Gasteiger partial charge >= 0.3 is 5.97 Å². The number of carboxylic acids is 1. The zero-order chi connectivity index (χ0) is 11.4. The summed E-state index contributed by atoms with van der Waals surface area (Å²) in [5, 5.41) is 8.54. The molecule has 5 N–H and O–H groups in total. The molecule has 0 radical (unpaired) electrons. The molecule has 0 aliphatic rings. The largest absolute Gasteiger partial charge is 0.480 e. The SMILES string of the molecule is Nc1ccc(F)cc1SCC(N)C(=O)O. The molecule has 0 fully saturated rings. The average Bonchev–Trinajstić information content (AvgIpc) is 2.18. The van der Waals surface area contributed by atoms with Crippen LogP contribution >= 0.6 is 11.8 Å². The van der Waals surface area contributed by atoms with E-state index in [1.165, 1.54) is 18.2 Å². The van der Waals surface area contributed by atoms with E-state index >= 15 is 0 Å². The highest BCUT2D eigenvalue weighted by Crippen LogP contribution is 2.25. The molecule has 0 spiro atoms. The number of nitrogens with two attached hydrogens (primary N) is 2. The molecule has 0 aromatic heterocycles. The van der Waals surface area contributed by atoms with Crippen LogP contribution in [0.3, 0.4) is 0 Å². The van der Waals surface area contributed by atoms with Crippen LogP contribution in [0.4, 0.5) is 10.1 Å². The van der Waals surface area contributed by atoms with E-state index < -0.39 is 17.8 Å². The van der Waals surface area contributed by atoms with Crippen molar-refractivity contribution in [2.45, 2.75) is 10.9 Å². The number of rotatable bonds is 4. The lowest BCUT2D eigenvalue weighted by atomic mass is 10.3. The predicted octanol–water partition coefficient (Wildman–Crippen LogP) is 0.912. The lowest BCUT2D eigenvalue weighted by molar-refractivity contribution is -0.137. The number of nitrogen functional groups attached to an aromatic ring is 1. The Bertz CT molecular complexity index is 373. The van der Waals surface area contributed by atoms with E-state index in [0.717, 1.165) is 11.8 Å². The lowest BCUT2D eigenvalue weighted by Gasteiger charge is -2.07. The van der Waals surface area contributed by atoms with Gasteiger partial charge in [-0.1, -0.05) is 0 Å². The van der Waals surface area contributed by atoms with Crippen LogP contribution in [-0.4, -0.2) is 22.9 Å². The lowest BCUT2D eigenvalue weighted by Crippen LogP contribution is -2.32. The van der Waals surface area contributed by atoms with Crippen LogP contribution in [0.15, 0.2) is 23.1 Å². The highest BCUT2D eigenvalue weighted by Gasteiger charge is 2.12. The second kappa shape index (κ2) is 4.99. The Kier molecular flexibility index (Phi) is 3.93. The van der Waals surface area contributed by atoms with Gasteiger partial charge in [0.25, 0.3) is 0 Å².